The Bertz CT molecular complexity index is 362. The first-order valence-corrected chi connectivity index (χ1v) is 7.21. The van der Waals surface area contributed by atoms with E-state index in [4.69, 9.17) is 4.55 Å². The fraction of sp³-hybridized carbons (Fsp3) is 0.727. The Hall–Kier alpha value is -0.880. The average molecular weight is 263 g/mol. The van der Waals surface area contributed by atoms with Gasteiger partial charge in [0.05, 0.1) is 5.75 Å². The van der Waals surface area contributed by atoms with Gasteiger partial charge in [-0.3, -0.25) is 9.35 Å². The molecule has 1 N–H and O–H groups in total. The van der Waals surface area contributed by atoms with Gasteiger partial charge in [0.15, 0.2) is 0 Å². The van der Waals surface area contributed by atoms with E-state index in [-0.39, 0.29) is 11.7 Å². The minimum absolute atomic E-state index is 0.0667. The van der Waals surface area contributed by atoms with E-state index in [1.54, 1.807) is 18.9 Å². The fourth-order valence-corrected chi connectivity index (χ4v) is 1.98. The van der Waals surface area contributed by atoms with Crippen LogP contribution in [0.4, 0.5) is 0 Å². The molecule has 0 radical (unpaired) electrons. The van der Waals surface area contributed by atoms with Crippen molar-refractivity contribution in [3.05, 3.63) is 12.2 Å². The molecule has 1 amide bonds. The first-order valence-electron chi connectivity index (χ1n) is 5.60. The van der Waals surface area contributed by atoms with Crippen molar-refractivity contribution >= 4 is 16.0 Å². The summed E-state index contributed by atoms with van der Waals surface area (Å²) in [5.74, 6) is -0.254. The van der Waals surface area contributed by atoms with Crippen molar-refractivity contribution in [3.63, 3.8) is 0 Å². The van der Waals surface area contributed by atoms with Crippen LogP contribution in [-0.4, -0.2) is 43.1 Å². The zero-order valence-electron chi connectivity index (χ0n) is 10.5. The minimum atomic E-state index is -3.83. The van der Waals surface area contributed by atoms with Crippen LogP contribution in [-0.2, 0) is 14.9 Å². The van der Waals surface area contributed by atoms with E-state index >= 15 is 0 Å². The van der Waals surface area contributed by atoms with Crippen LogP contribution in [0.2, 0.25) is 0 Å². The lowest BCUT2D eigenvalue weighted by Crippen LogP contribution is -2.27. The molecule has 0 saturated carbocycles. The monoisotopic (exact) mass is 263 g/mol. The topological polar surface area (TPSA) is 74.7 Å². The highest BCUT2D eigenvalue weighted by atomic mass is 32.2. The Balaban J connectivity index is 3.59. The van der Waals surface area contributed by atoms with Gasteiger partial charge in [-0.25, -0.2) is 0 Å². The van der Waals surface area contributed by atoms with Gasteiger partial charge in [-0.2, -0.15) is 8.42 Å². The van der Waals surface area contributed by atoms with Gasteiger partial charge in [0.2, 0.25) is 5.91 Å². The highest BCUT2D eigenvalue weighted by Crippen LogP contribution is 2.04. The molecular weight excluding hydrogens is 242 g/mol. The average Bonchev–Trinajstić information content (AvgIpc) is 2.19. The summed E-state index contributed by atoms with van der Waals surface area (Å²) < 4.78 is 29.4. The van der Waals surface area contributed by atoms with Gasteiger partial charge in [0.25, 0.3) is 10.1 Å². The second-order valence-electron chi connectivity index (χ2n) is 4.21. The zero-order chi connectivity index (χ0) is 13.5. The molecule has 0 saturated heterocycles. The molecule has 0 atom stereocenters. The Morgan fingerprint density at radius 2 is 1.76 bits per heavy atom. The lowest BCUT2D eigenvalue weighted by Gasteiger charge is -2.16. The molecule has 0 aromatic heterocycles. The highest BCUT2D eigenvalue weighted by molar-refractivity contribution is 7.85. The maximum Gasteiger partial charge on any atom is 0.264 e. The summed E-state index contributed by atoms with van der Waals surface area (Å²) >= 11 is 0. The molecule has 0 rings (SSSR count). The largest absolute Gasteiger partial charge is 0.342 e. The predicted octanol–water partition coefficient (Wildman–Crippen LogP) is 1.47. The van der Waals surface area contributed by atoms with Crippen LogP contribution >= 0.6 is 0 Å². The van der Waals surface area contributed by atoms with E-state index in [1.807, 2.05) is 0 Å². The van der Waals surface area contributed by atoms with Crippen molar-refractivity contribution in [1.29, 1.82) is 0 Å². The molecule has 0 fully saturated rings. The van der Waals surface area contributed by atoms with Crippen LogP contribution in [0.5, 0.6) is 0 Å². The standard InChI is InChI=1S/C11H21NO4S/c1-10(2)11(13)12(3)8-6-4-5-7-9-17(14,15)16/h1,4-9H2,2-3H3,(H,14,15,16). The molecule has 17 heavy (non-hydrogen) atoms. The van der Waals surface area contributed by atoms with Crippen LogP contribution in [0, 0.1) is 0 Å². The number of carbonyl (C=O) groups excluding carboxylic acids is 1. The summed E-state index contributed by atoms with van der Waals surface area (Å²) in [6.45, 7) is 5.88. The number of carbonyl (C=O) groups is 1. The van der Waals surface area contributed by atoms with Gasteiger partial charge in [0, 0.05) is 19.2 Å². The Kier molecular flexibility index (Phi) is 7.06. The van der Waals surface area contributed by atoms with Gasteiger partial charge < -0.3 is 4.90 Å². The third kappa shape index (κ3) is 8.88. The molecule has 0 aliphatic carbocycles. The lowest BCUT2D eigenvalue weighted by molar-refractivity contribution is -0.125. The number of amides is 1. The molecule has 0 aromatic carbocycles. The zero-order valence-corrected chi connectivity index (χ0v) is 11.3. The van der Waals surface area contributed by atoms with Crippen LogP contribution in [0.15, 0.2) is 12.2 Å². The SMILES string of the molecule is C=C(C)C(=O)N(C)CCCCCCS(=O)(=O)O. The Morgan fingerprint density at radius 1 is 1.24 bits per heavy atom. The van der Waals surface area contributed by atoms with E-state index in [2.05, 4.69) is 6.58 Å². The van der Waals surface area contributed by atoms with Gasteiger partial charge in [-0.1, -0.05) is 19.4 Å². The van der Waals surface area contributed by atoms with Crippen molar-refractivity contribution in [2.24, 2.45) is 0 Å². The van der Waals surface area contributed by atoms with E-state index in [9.17, 15) is 13.2 Å². The van der Waals surface area contributed by atoms with Gasteiger partial charge >= 0.3 is 0 Å². The van der Waals surface area contributed by atoms with Gasteiger partial charge in [-0.05, 0) is 19.8 Å². The maximum atomic E-state index is 11.4. The van der Waals surface area contributed by atoms with Crippen LogP contribution in [0.3, 0.4) is 0 Å². The van der Waals surface area contributed by atoms with Gasteiger partial charge in [-0.15, -0.1) is 0 Å². The normalized spacial score (nSPS) is 11.2. The number of rotatable bonds is 8. The molecule has 100 valence electrons. The Morgan fingerprint density at radius 3 is 2.24 bits per heavy atom. The molecular formula is C11H21NO4S. The summed E-state index contributed by atoms with van der Waals surface area (Å²) in [5, 5.41) is 0. The van der Waals surface area contributed by atoms with Crippen LogP contribution < -0.4 is 0 Å². The smallest absolute Gasteiger partial charge is 0.264 e. The van der Waals surface area contributed by atoms with Crippen LogP contribution in [0.25, 0.3) is 0 Å². The summed E-state index contributed by atoms with van der Waals surface area (Å²) in [7, 11) is -2.11. The predicted molar refractivity (Wildman–Crippen MR) is 67.3 cm³/mol. The number of likely N-dealkylation sites (N-methyl/N-ethyl adjacent to an activating group) is 1. The second-order valence-corrected chi connectivity index (χ2v) is 5.78. The lowest BCUT2D eigenvalue weighted by atomic mass is 10.2. The van der Waals surface area contributed by atoms with Gasteiger partial charge in [0.1, 0.15) is 0 Å². The molecule has 0 unspecified atom stereocenters. The molecule has 0 spiro atoms. The first kappa shape index (κ1) is 16.1. The van der Waals surface area contributed by atoms with Crippen molar-refractivity contribution in [1.82, 2.24) is 4.90 Å². The van der Waals surface area contributed by atoms with Crippen molar-refractivity contribution in [2.45, 2.75) is 32.6 Å². The molecule has 5 nitrogen and oxygen atoms in total. The highest BCUT2D eigenvalue weighted by Gasteiger charge is 2.08. The summed E-state index contributed by atoms with van der Waals surface area (Å²) in [5.41, 5.74) is 0.513. The number of hydrogen-bond donors (Lipinski definition) is 1. The fourth-order valence-electron chi connectivity index (χ4n) is 1.41. The third-order valence-corrected chi connectivity index (χ3v) is 3.16. The van der Waals surface area contributed by atoms with E-state index < -0.39 is 10.1 Å². The Labute approximate surface area is 103 Å². The summed E-state index contributed by atoms with van der Waals surface area (Å²) in [6, 6.07) is 0. The minimum Gasteiger partial charge on any atom is -0.342 e. The molecule has 0 aliphatic rings. The van der Waals surface area contributed by atoms with Crippen molar-refractivity contribution < 1.29 is 17.8 Å². The maximum absolute atomic E-state index is 11.4. The van der Waals surface area contributed by atoms with E-state index in [0.29, 0.717) is 18.5 Å². The third-order valence-electron chi connectivity index (χ3n) is 2.36. The summed E-state index contributed by atoms with van der Waals surface area (Å²) in [4.78, 5) is 13.0. The molecule has 0 bridgehead atoms. The number of hydrogen-bond acceptors (Lipinski definition) is 3. The van der Waals surface area contributed by atoms with Crippen LogP contribution in [0.1, 0.15) is 32.6 Å². The van der Waals surface area contributed by atoms with Crippen molar-refractivity contribution in [2.75, 3.05) is 19.3 Å². The summed E-state index contributed by atoms with van der Waals surface area (Å²) in [6.07, 6.45) is 2.84. The molecule has 0 aliphatic heterocycles. The number of unbranched alkanes of at least 4 members (excludes halogenated alkanes) is 3. The van der Waals surface area contributed by atoms with E-state index in [1.165, 1.54) is 0 Å². The molecule has 6 heteroatoms. The number of nitrogens with zero attached hydrogens (tertiary/aromatic N) is 1. The quantitative estimate of drug-likeness (QED) is 0.409. The first-order chi connectivity index (χ1) is 7.74. The molecule has 0 heterocycles. The van der Waals surface area contributed by atoms with Crippen molar-refractivity contribution in [3.8, 4) is 0 Å². The van der Waals surface area contributed by atoms with E-state index in [0.717, 1.165) is 19.3 Å². The molecule has 0 aromatic rings. The second kappa shape index (κ2) is 7.45.